The van der Waals surface area contributed by atoms with Crippen molar-refractivity contribution < 1.29 is 18.9 Å². The molecule has 0 spiro atoms. The van der Waals surface area contributed by atoms with Gasteiger partial charge in [0.15, 0.2) is 0 Å². The zero-order chi connectivity index (χ0) is 14.3. The molecule has 4 heterocycles. The van der Waals surface area contributed by atoms with Crippen molar-refractivity contribution in [2.45, 2.75) is 39.7 Å². The Labute approximate surface area is 119 Å². The highest BCUT2D eigenvalue weighted by atomic mass is 16.5. The highest BCUT2D eigenvalue weighted by Crippen LogP contribution is 2.41. The van der Waals surface area contributed by atoms with E-state index in [9.17, 15) is 4.79 Å². The van der Waals surface area contributed by atoms with Gasteiger partial charge in [-0.2, -0.15) is 0 Å². The van der Waals surface area contributed by atoms with Crippen molar-refractivity contribution in [2.24, 2.45) is 11.8 Å². The van der Waals surface area contributed by atoms with Gasteiger partial charge >= 0.3 is 5.97 Å². The number of aromatic nitrogens is 1. The van der Waals surface area contributed by atoms with E-state index in [0.29, 0.717) is 18.3 Å². The van der Waals surface area contributed by atoms with Crippen molar-refractivity contribution in [1.29, 1.82) is 0 Å². The van der Waals surface area contributed by atoms with Crippen LogP contribution in [0.3, 0.4) is 0 Å². The Morgan fingerprint density at radius 1 is 1.40 bits per heavy atom. The van der Waals surface area contributed by atoms with Crippen LogP contribution in [-0.4, -0.2) is 40.3 Å². The Kier molecular flexibility index (Phi) is 3.32. The molecule has 20 heavy (non-hydrogen) atoms. The lowest BCUT2D eigenvalue weighted by Crippen LogP contribution is -2.61. The minimum Gasteiger partial charge on any atom is -0.481 e. The van der Waals surface area contributed by atoms with Crippen molar-refractivity contribution >= 4 is 5.97 Å². The van der Waals surface area contributed by atoms with Crippen molar-refractivity contribution in [3.8, 4) is 0 Å². The predicted octanol–water partition coefficient (Wildman–Crippen LogP) is 2.12. The molecule has 3 fully saturated rings. The van der Waals surface area contributed by atoms with E-state index in [1.165, 1.54) is 31.5 Å². The van der Waals surface area contributed by atoms with Crippen LogP contribution in [0.2, 0.25) is 0 Å². The number of hydrogen-bond acceptors (Lipinski definition) is 3. The molecular formula is C15H23N2O3+. The molecule has 5 nitrogen and oxygen atoms in total. The second-order valence-electron chi connectivity index (χ2n) is 6.63. The van der Waals surface area contributed by atoms with Crippen LogP contribution in [0.5, 0.6) is 0 Å². The first-order chi connectivity index (χ1) is 9.49. The lowest BCUT2D eigenvalue weighted by Gasteiger charge is -2.52. The summed E-state index contributed by atoms with van der Waals surface area (Å²) in [6, 6.07) is 0. The summed E-state index contributed by atoms with van der Waals surface area (Å²) in [4.78, 5) is 11.0. The maximum Gasteiger partial charge on any atom is 0.303 e. The molecule has 1 aromatic heterocycles. The largest absolute Gasteiger partial charge is 0.481 e. The summed E-state index contributed by atoms with van der Waals surface area (Å²) < 4.78 is 6.30. The standard InChI is InChI=1S/C15H22N2O3/c1-10-14(11(2)20-16-10)9-17-5-3-12(4-6-17)13(8-17)7-15(18)19/h12-13H,3-9H2,1-2H3/p+1. The normalized spacial score (nSPS) is 32.5. The summed E-state index contributed by atoms with van der Waals surface area (Å²) in [5.41, 5.74) is 2.21. The van der Waals surface area contributed by atoms with E-state index < -0.39 is 5.97 Å². The molecule has 3 saturated heterocycles. The number of quaternary nitrogens is 1. The number of carbonyl (C=O) groups is 1. The Bertz CT molecular complexity index is 496. The predicted molar refractivity (Wildman–Crippen MR) is 73.0 cm³/mol. The molecule has 110 valence electrons. The summed E-state index contributed by atoms with van der Waals surface area (Å²) in [5, 5.41) is 13.1. The number of carboxylic acids is 1. The van der Waals surface area contributed by atoms with E-state index in [1.54, 1.807) is 0 Å². The average Bonchev–Trinajstić information content (AvgIpc) is 2.71. The summed E-state index contributed by atoms with van der Waals surface area (Å²) >= 11 is 0. The molecule has 1 aromatic rings. The number of rotatable bonds is 4. The zero-order valence-corrected chi connectivity index (χ0v) is 12.3. The van der Waals surface area contributed by atoms with Gasteiger partial charge in [0.2, 0.25) is 0 Å². The van der Waals surface area contributed by atoms with E-state index in [1.807, 2.05) is 13.8 Å². The van der Waals surface area contributed by atoms with Crippen molar-refractivity contribution in [3.05, 3.63) is 17.0 Å². The van der Waals surface area contributed by atoms with Gasteiger partial charge in [0.1, 0.15) is 12.3 Å². The van der Waals surface area contributed by atoms with Crippen LogP contribution in [0.1, 0.15) is 36.3 Å². The number of fused-ring (bicyclic) bond motifs is 3. The molecule has 1 N–H and O–H groups in total. The summed E-state index contributed by atoms with van der Waals surface area (Å²) in [7, 11) is 0. The van der Waals surface area contributed by atoms with Crippen LogP contribution in [0.4, 0.5) is 0 Å². The third kappa shape index (κ3) is 2.35. The number of nitrogens with zero attached hydrogens (tertiary/aromatic N) is 2. The van der Waals surface area contributed by atoms with Gasteiger partial charge in [-0.05, 0) is 19.8 Å². The third-order valence-corrected chi connectivity index (χ3v) is 5.35. The van der Waals surface area contributed by atoms with Gasteiger partial charge in [-0.3, -0.25) is 4.79 Å². The number of piperidine rings is 3. The number of hydrogen-bond donors (Lipinski definition) is 1. The molecule has 0 saturated carbocycles. The minimum absolute atomic E-state index is 0.326. The van der Waals surface area contributed by atoms with Gasteiger partial charge < -0.3 is 14.1 Å². The molecule has 1 atom stereocenters. The van der Waals surface area contributed by atoms with Crippen molar-refractivity contribution in [3.63, 3.8) is 0 Å². The highest BCUT2D eigenvalue weighted by Gasteiger charge is 2.46. The smallest absolute Gasteiger partial charge is 0.303 e. The molecule has 5 heteroatoms. The monoisotopic (exact) mass is 279 g/mol. The van der Waals surface area contributed by atoms with E-state index >= 15 is 0 Å². The average molecular weight is 279 g/mol. The molecule has 4 rings (SSSR count). The van der Waals surface area contributed by atoms with E-state index in [2.05, 4.69) is 5.16 Å². The van der Waals surface area contributed by atoms with Crippen LogP contribution in [0, 0.1) is 25.7 Å². The summed E-state index contributed by atoms with van der Waals surface area (Å²) in [5.74, 6) is 1.22. The molecule has 3 aliphatic heterocycles. The first-order valence-electron chi connectivity index (χ1n) is 7.48. The molecule has 0 radical (unpaired) electrons. The fourth-order valence-electron chi connectivity index (χ4n) is 4.18. The first kappa shape index (κ1) is 13.6. The van der Waals surface area contributed by atoms with Gasteiger partial charge in [-0.1, -0.05) is 5.16 Å². The SMILES string of the molecule is Cc1noc(C)c1C[N+]12CCC(CC1)C(CC(=O)O)C2. The molecule has 0 amide bonds. The number of aliphatic carboxylic acids is 1. The van der Waals surface area contributed by atoms with E-state index in [-0.39, 0.29) is 0 Å². The summed E-state index contributed by atoms with van der Waals surface area (Å²) in [6.07, 6.45) is 2.66. The highest BCUT2D eigenvalue weighted by molar-refractivity contribution is 5.67. The Morgan fingerprint density at radius 2 is 2.10 bits per heavy atom. The first-order valence-corrected chi connectivity index (χ1v) is 7.48. The van der Waals surface area contributed by atoms with Gasteiger partial charge in [-0.15, -0.1) is 0 Å². The molecule has 1 unspecified atom stereocenters. The van der Waals surface area contributed by atoms with Crippen LogP contribution in [-0.2, 0) is 11.3 Å². The fraction of sp³-hybridized carbons (Fsp3) is 0.733. The Morgan fingerprint density at radius 3 is 2.65 bits per heavy atom. The van der Waals surface area contributed by atoms with Gasteiger partial charge in [-0.25, -0.2) is 0 Å². The molecule has 3 aliphatic rings. The van der Waals surface area contributed by atoms with Crippen LogP contribution < -0.4 is 0 Å². The number of carboxylic acid groups (broad SMARTS) is 1. The van der Waals surface area contributed by atoms with E-state index in [0.717, 1.165) is 29.0 Å². The fourth-order valence-corrected chi connectivity index (χ4v) is 4.18. The van der Waals surface area contributed by atoms with Gasteiger partial charge in [0, 0.05) is 18.8 Å². The minimum atomic E-state index is -0.653. The lowest BCUT2D eigenvalue weighted by molar-refractivity contribution is -0.959. The van der Waals surface area contributed by atoms with Gasteiger partial charge in [0.25, 0.3) is 0 Å². The quantitative estimate of drug-likeness (QED) is 0.858. The topological polar surface area (TPSA) is 63.3 Å². The van der Waals surface area contributed by atoms with Crippen LogP contribution in [0.15, 0.2) is 4.52 Å². The van der Waals surface area contributed by atoms with Crippen molar-refractivity contribution in [2.75, 3.05) is 19.6 Å². The second-order valence-corrected chi connectivity index (χ2v) is 6.63. The van der Waals surface area contributed by atoms with Crippen LogP contribution >= 0.6 is 0 Å². The molecule has 0 aliphatic carbocycles. The van der Waals surface area contributed by atoms with Gasteiger partial charge in [0.05, 0.1) is 37.3 Å². The lowest BCUT2D eigenvalue weighted by atomic mass is 9.75. The zero-order valence-electron chi connectivity index (χ0n) is 12.3. The number of aryl methyl sites for hydroxylation is 2. The summed E-state index contributed by atoms with van der Waals surface area (Å²) in [6.45, 7) is 8.26. The maximum absolute atomic E-state index is 11.0. The molecule has 0 aromatic carbocycles. The van der Waals surface area contributed by atoms with Crippen LogP contribution in [0.25, 0.3) is 0 Å². The third-order valence-electron chi connectivity index (χ3n) is 5.35. The Balaban J connectivity index is 1.79. The second kappa shape index (κ2) is 4.88. The van der Waals surface area contributed by atoms with Crippen molar-refractivity contribution in [1.82, 2.24) is 5.16 Å². The molecular weight excluding hydrogens is 256 g/mol. The Hall–Kier alpha value is -1.36. The van der Waals surface area contributed by atoms with E-state index in [4.69, 9.17) is 9.63 Å². The molecule has 2 bridgehead atoms. The maximum atomic E-state index is 11.0.